The fourth-order valence-corrected chi connectivity index (χ4v) is 4.73. The van der Waals surface area contributed by atoms with E-state index in [1.807, 2.05) is 62.4 Å². The van der Waals surface area contributed by atoms with Crippen LogP contribution in [0.5, 0.6) is 0 Å². The maximum atomic E-state index is 12.8. The number of sulfonamides is 1. The van der Waals surface area contributed by atoms with Gasteiger partial charge in [-0.3, -0.25) is 9.52 Å². The van der Waals surface area contributed by atoms with Gasteiger partial charge in [0.15, 0.2) is 0 Å². The Balaban J connectivity index is 1.29. The fraction of sp³-hybridized carbons (Fsp3) is 0.200. The number of hydrogen-bond donors (Lipinski definition) is 2. The third-order valence-electron chi connectivity index (χ3n) is 5.41. The van der Waals surface area contributed by atoms with Gasteiger partial charge in [0.2, 0.25) is 11.7 Å². The Labute approximate surface area is 204 Å². The first-order chi connectivity index (χ1) is 16.8. The maximum absolute atomic E-state index is 12.8. The molecule has 0 spiro atoms. The van der Waals surface area contributed by atoms with E-state index in [2.05, 4.69) is 25.4 Å². The molecule has 9 nitrogen and oxygen atoms in total. The number of amides is 1. The van der Waals surface area contributed by atoms with Crippen LogP contribution in [-0.4, -0.2) is 34.5 Å². The molecule has 0 saturated carbocycles. The van der Waals surface area contributed by atoms with Gasteiger partial charge in [0.1, 0.15) is 0 Å². The number of aryl methyl sites for hydroxylation is 3. The maximum Gasteiger partial charge on any atom is 0.261 e. The van der Waals surface area contributed by atoms with E-state index in [0.717, 1.165) is 16.7 Å². The van der Waals surface area contributed by atoms with Gasteiger partial charge in [0, 0.05) is 17.7 Å². The molecule has 0 unspecified atom stereocenters. The Bertz CT molecular complexity index is 1400. The summed E-state index contributed by atoms with van der Waals surface area (Å²) in [5, 5.41) is 15.2. The molecular weight excluding hydrogens is 464 g/mol. The van der Waals surface area contributed by atoms with Gasteiger partial charge in [-0.15, -0.1) is 10.2 Å². The molecule has 0 saturated heterocycles. The summed E-state index contributed by atoms with van der Waals surface area (Å²) in [6.07, 6.45) is 0.791. The summed E-state index contributed by atoms with van der Waals surface area (Å²) < 4.78 is 28.2. The van der Waals surface area contributed by atoms with Crippen LogP contribution in [0.4, 0.5) is 11.4 Å². The van der Waals surface area contributed by atoms with Crippen LogP contribution in [0.15, 0.2) is 77.7 Å². The quantitative estimate of drug-likeness (QED) is 0.363. The summed E-state index contributed by atoms with van der Waals surface area (Å²) in [7, 11) is -3.75. The highest BCUT2D eigenvalue weighted by molar-refractivity contribution is 7.92. The predicted octanol–water partition coefficient (Wildman–Crippen LogP) is 4.18. The topological polar surface area (TPSA) is 119 Å². The minimum absolute atomic E-state index is 0.115. The Morgan fingerprint density at radius 3 is 2.29 bits per heavy atom. The van der Waals surface area contributed by atoms with Crippen LogP contribution in [0.25, 0.3) is 11.4 Å². The zero-order valence-corrected chi connectivity index (χ0v) is 20.3. The first-order valence-corrected chi connectivity index (χ1v) is 12.6. The van der Waals surface area contributed by atoms with Crippen molar-refractivity contribution >= 4 is 27.3 Å². The number of anilines is 2. The second kappa shape index (κ2) is 10.5. The van der Waals surface area contributed by atoms with Gasteiger partial charge in [-0.05, 0) is 60.9 Å². The van der Waals surface area contributed by atoms with Gasteiger partial charge < -0.3 is 5.32 Å². The summed E-state index contributed by atoms with van der Waals surface area (Å²) in [4.78, 5) is 13.9. The monoisotopic (exact) mass is 490 g/mol. The van der Waals surface area contributed by atoms with Crippen molar-refractivity contribution < 1.29 is 13.2 Å². The number of rotatable bonds is 9. The number of tetrazole rings is 1. The first-order valence-electron chi connectivity index (χ1n) is 11.1. The lowest BCUT2D eigenvalue weighted by Gasteiger charge is -2.13. The summed E-state index contributed by atoms with van der Waals surface area (Å²) in [6.45, 7) is 4.16. The lowest BCUT2D eigenvalue weighted by atomic mass is 10.1. The Morgan fingerprint density at radius 1 is 0.914 bits per heavy atom. The van der Waals surface area contributed by atoms with Crippen LogP contribution in [0, 0.1) is 13.8 Å². The van der Waals surface area contributed by atoms with Gasteiger partial charge >= 0.3 is 0 Å². The lowest BCUT2D eigenvalue weighted by molar-refractivity contribution is -0.116. The second-order valence-electron chi connectivity index (χ2n) is 8.12. The normalized spacial score (nSPS) is 11.3. The molecule has 0 atom stereocenters. The van der Waals surface area contributed by atoms with E-state index in [-0.39, 0.29) is 17.2 Å². The van der Waals surface area contributed by atoms with Crippen LogP contribution in [0.1, 0.15) is 24.0 Å². The van der Waals surface area contributed by atoms with Crippen LogP contribution >= 0.6 is 0 Å². The summed E-state index contributed by atoms with van der Waals surface area (Å²) in [6, 6.07) is 21.2. The van der Waals surface area contributed by atoms with Gasteiger partial charge in [0.25, 0.3) is 10.0 Å². The highest BCUT2D eigenvalue weighted by Gasteiger charge is 2.16. The van der Waals surface area contributed by atoms with Gasteiger partial charge in [-0.1, -0.05) is 48.5 Å². The number of benzene rings is 3. The van der Waals surface area contributed by atoms with E-state index in [0.29, 0.717) is 30.2 Å². The fourth-order valence-electron chi connectivity index (χ4n) is 3.53. The predicted molar refractivity (Wildman–Crippen MR) is 134 cm³/mol. The van der Waals surface area contributed by atoms with Crippen LogP contribution in [-0.2, 0) is 21.4 Å². The molecule has 4 rings (SSSR count). The van der Waals surface area contributed by atoms with E-state index < -0.39 is 10.0 Å². The summed E-state index contributed by atoms with van der Waals surface area (Å²) in [5.41, 5.74) is 3.66. The molecule has 35 heavy (non-hydrogen) atoms. The number of carbonyl (C=O) groups excluding carboxylic acids is 1. The van der Waals surface area contributed by atoms with Crippen molar-refractivity contribution in [1.82, 2.24) is 20.2 Å². The Hall–Kier alpha value is -4.05. The van der Waals surface area contributed by atoms with E-state index in [9.17, 15) is 13.2 Å². The van der Waals surface area contributed by atoms with Crippen LogP contribution in [0.2, 0.25) is 0 Å². The van der Waals surface area contributed by atoms with Crippen LogP contribution < -0.4 is 10.0 Å². The lowest BCUT2D eigenvalue weighted by Crippen LogP contribution is -2.15. The number of carbonyl (C=O) groups is 1. The average Bonchev–Trinajstić information content (AvgIpc) is 3.31. The molecule has 0 aliphatic carbocycles. The van der Waals surface area contributed by atoms with Gasteiger partial charge in [-0.2, -0.15) is 4.80 Å². The number of hydrogen-bond acceptors (Lipinski definition) is 6. The van der Waals surface area contributed by atoms with Crippen molar-refractivity contribution in [3.63, 3.8) is 0 Å². The first kappa shape index (κ1) is 24.1. The highest BCUT2D eigenvalue weighted by atomic mass is 32.2. The average molecular weight is 491 g/mol. The molecule has 4 aromatic rings. The minimum atomic E-state index is -3.75. The smallest absolute Gasteiger partial charge is 0.261 e. The van der Waals surface area contributed by atoms with Crippen molar-refractivity contribution in [1.29, 1.82) is 0 Å². The highest BCUT2D eigenvalue weighted by Crippen LogP contribution is 2.24. The summed E-state index contributed by atoms with van der Waals surface area (Å²) in [5.74, 6) is 0.356. The van der Waals surface area contributed by atoms with E-state index in [4.69, 9.17) is 0 Å². The molecule has 1 amide bonds. The molecule has 1 heterocycles. The molecule has 1 aromatic heterocycles. The molecule has 2 N–H and O–H groups in total. The molecule has 0 aliphatic rings. The number of aromatic nitrogens is 4. The summed E-state index contributed by atoms with van der Waals surface area (Å²) >= 11 is 0. The number of para-hydroxylation sites is 1. The van der Waals surface area contributed by atoms with Crippen molar-refractivity contribution in [2.45, 2.75) is 38.1 Å². The van der Waals surface area contributed by atoms with Gasteiger partial charge in [-0.25, -0.2) is 8.42 Å². The van der Waals surface area contributed by atoms with Crippen molar-refractivity contribution in [3.8, 4) is 11.4 Å². The molecule has 3 aromatic carbocycles. The zero-order valence-electron chi connectivity index (χ0n) is 19.5. The Kier molecular flexibility index (Phi) is 7.21. The van der Waals surface area contributed by atoms with E-state index in [1.165, 1.54) is 16.9 Å². The van der Waals surface area contributed by atoms with Crippen molar-refractivity contribution in [2.24, 2.45) is 0 Å². The second-order valence-corrected chi connectivity index (χ2v) is 9.81. The molecule has 0 aliphatic heterocycles. The van der Waals surface area contributed by atoms with Crippen molar-refractivity contribution in [2.75, 3.05) is 10.0 Å². The largest absolute Gasteiger partial charge is 0.326 e. The molecule has 0 radical (unpaired) electrons. The Morgan fingerprint density at radius 2 is 1.60 bits per heavy atom. The molecule has 0 fully saturated rings. The molecular formula is C25H26N6O3S. The number of nitrogens with zero attached hydrogens (tertiary/aromatic N) is 4. The third kappa shape index (κ3) is 6.10. The molecule has 180 valence electrons. The molecule has 0 bridgehead atoms. The SMILES string of the molecule is Cc1cccc(C)c1NS(=O)(=O)c1ccc(NC(=O)CCCn2nnc(-c3ccccc3)n2)cc1. The van der Waals surface area contributed by atoms with E-state index >= 15 is 0 Å². The molecule has 10 heteroatoms. The standard InChI is InChI=1S/C25H26N6O3S/c1-18-8-6-9-19(2)24(18)29-35(33,34)22-15-13-21(14-16-22)26-23(32)12-7-17-31-28-25(27-30-31)20-10-4-3-5-11-20/h3-6,8-11,13-16,29H,7,12,17H2,1-2H3,(H,26,32). The third-order valence-corrected chi connectivity index (χ3v) is 6.78. The minimum Gasteiger partial charge on any atom is -0.326 e. The number of nitrogens with one attached hydrogen (secondary N) is 2. The van der Waals surface area contributed by atoms with Gasteiger partial charge in [0.05, 0.1) is 17.1 Å². The zero-order chi connectivity index (χ0) is 24.8. The van der Waals surface area contributed by atoms with E-state index in [1.54, 1.807) is 12.1 Å². The van der Waals surface area contributed by atoms with Crippen molar-refractivity contribution in [3.05, 3.63) is 83.9 Å². The van der Waals surface area contributed by atoms with Crippen LogP contribution in [0.3, 0.4) is 0 Å².